The highest BCUT2D eigenvalue weighted by molar-refractivity contribution is 9.10. The predicted octanol–water partition coefficient (Wildman–Crippen LogP) is 5.38. The molecule has 1 unspecified atom stereocenters. The molecule has 0 bridgehead atoms. The summed E-state index contributed by atoms with van der Waals surface area (Å²) in [7, 11) is 3.00. The smallest absolute Gasteiger partial charge is 0.339 e. The quantitative estimate of drug-likeness (QED) is 0.359. The number of unbranched alkanes of at least 4 members (excludes halogenated alkanes) is 1. The van der Waals surface area contributed by atoms with E-state index >= 15 is 0 Å². The van der Waals surface area contributed by atoms with Crippen molar-refractivity contribution in [2.45, 2.75) is 39.4 Å². The minimum atomic E-state index is -0.796. The van der Waals surface area contributed by atoms with Crippen molar-refractivity contribution in [2.75, 3.05) is 20.8 Å². The Balaban J connectivity index is 2.23. The number of benzene rings is 2. The molecule has 0 radical (unpaired) electrons. The number of carbonyl (C=O) groups excluding carboxylic acids is 1. The Labute approximate surface area is 175 Å². The van der Waals surface area contributed by atoms with Gasteiger partial charge in [0.05, 0.1) is 18.7 Å². The topological polar surface area (TPSA) is 54.0 Å². The first-order chi connectivity index (χ1) is 13.5. The number of halogens is 1. The number of aryl methyl sites for hydroxylation is 1. The van der Waals surface area contributed by atoms with Crippen LogP contribution in [-0.2, 0) is 20.9 Å². The van der Waals surface area contributed by atoms with E-state index in [2.05, 4.69) is 22.9 Å². The van der Waals surface area contributed by atoms with Crippen LogP contribution in [-0.4, -0.2) is 26.8 Å². The van der Waals surface area contributed by atoms with Crippen molar-refractivity contribution in [2.24, 2.45) is 0 Å². The predicted molar refractivity (Wildman–Crippen MR) is 112 cm³/mol. The van der Waals surface area contributed by atoms with Crippen LogP contribution < -0.4 is 9.47 Å². The van der Waals surface area contributed by atoms with Crippen molar-refractivity contribution in [3.63, 3.8) is 0 Å². The molecule has 2 rings (SSSR count). The van der Waals surface area contributed by atoms with Crippen molar-refractivity contribution >= 4 is 21.9 Å². The maximum absolute atomic E-state index is 12.3. The van der Waals surface area contributed by atoms with Gasteiger partial charge >= 0.3 is 5.97 Å². The molecule has 0 amide bonds. The summed E-state index contributed by atoms with van der Waals surface area (Å²) >= 11 is 3.60. The Morgan fingerprint density at radius 3 is 2.43 bits per heavy atom. The molecule has 0 N–H and O–H groups in total. The molecule has 2 aromatic rings. The molecule has 0 aliphatic rings. The first kappa shape index (κ1) is 22.2. The molecule has 2 aromatic carbocycles. The van der Waals surface area contributed by atoms with Crippen LogP contribution in [0.4, 0.5) is 0 Å². The molecule has 0 aliphatic heterocycles. The summed E-state index contributed by atoms with van der Waals surface area (Å²) in [5.41, 5.74) is 2.67. The van der Waals surface area contributed by atoms with Gasteiger partial charge in [0.1, 0.15) is 18.1 Å². The molecule has 0 heterocycles. The highest BCUT2D eigenvalue weighted by Gasteiger charge is 2.28. The summed E-state index contributed by atoms with van der Waals surface area (Å²) in [4.78, 5) is 12.3. The van der Waals surface area contributed by atoms with Gasteiger partial charge < -0.3 is 18.9 Å². The molecule has 0 fully saturated rings. The van der Waals surface area contributed by atoms with Crippen molar-refractivity contribution in [1.29, 1.82) is 0 Å². The SMILES string of the molecule is CCCCOC(C(=O)OC)c1c(C)ccc(OCc2ccc(OC)cc2)c1Br. The second-order valence-corrected chi connectivity index (χ2v) is 7.17. The number of esters is 1. The lowest BCUT2D eigenvalue weighted by molar-refractivity contribution is -0.154. The molecule has 0 spiro atoms. The normalized spacial score (nSPS) is 11.8. The largest absolute Gasteiger partial charge is 0.497 e. The zero-order valence-corrected chi connectivity index (χ0v) is 18.4. The molecule has 5 nitrogen and oxygen atoms in total. The lowest BCUT2D eigenvalue weighted by Crippen LogP contribution is -2.20. The highest BCUT2D eigenvalue weighted by atomic mass is 79.9. The van der Waals surface area contributed by atoms with Crippen LogP contribution in [0, 0.1) is 6.92 Å². The molecular formula is C22H27BrO5. The number of methoxy groups -OCH3 is 2. The van der Waals surface area contributed by atoms with E-state index < -0.39 is 12.1 Å². The fourth-order valence-electron chi connectivity index (χ4n) is 2.71. The van der Waals surface area contributed by atoms with Crippen LogP contribution in [0.1, 0.15) is 42.6 Å². The van der Waals surface area contributed by atoms with Gasteiger partial charge in [0.15, 0.2) is 6.10 Å². The summed E-state index contributed by atoms with van der Waals surface area (Å²) in [5, 5.41) is 0. The van der Waals surface area contributed by atoms with Crippen LogP contribution >= 0.6 is 15.9 Å². The maximum Gasteiger partial charge on any atom is 0.339 e. The minimum Gasteiger partial charge on any atom is -0.497 e. The first-order valence-corrected chi connectivity index (χ1v) is 10.0. The molecular weight excluding hydrogens is 424 g/mol. The molecule has 28 heavy (non-hydrogen) atoms. The zero-order chi connectivity index (χ0) is 20.5. The molecule has 0 saturated heterocycles. The van der Waals surface area contributed by atoms with Crippen LogP contribution in [0.15, 0.2) is 40.9 Å². The van der Waals surface area contributed by atoms with Gasteiger partial charge in [0.25, 0.3) is 0 Å². The van der Waals surface area contributed by atoms with Crippen molar-refractivity contribution in [3.05, 3.63) is 57.6 Å². The van der Waals surface area contributed by atoms with Crippen molar-refractivity contribution in [3.8, 4) is 11.5 Å². The summed E-state index contributed by atoms with van der Waals surface area (Å²) in [6, 6.07) is 11.5. The van der Waals surface area contributed by atoms with E-state index in [1.165, 1.54) is 7.11 Å². The number of hydrogen-bond acceptors (Lipinski definition) is 5. The number of ether oxygens (including phenoxy) is 4. The number of carbonyl (C=O) groups is 1. The summed E-state index contributed by atoms with van der Waals surface area (Å²) in [5.74, 6) is 1.02. The standard InChI is InChI=1S/C22H27BrO5/c1-5-6-13-27-21(22(24)26-4)19-15(2)7-12-18(20(19)23)28-14-16-8-10-17(25-3)11-9-16/h7-12,21H,5-6,13-14H2,1-4H3. The Morgan fingerprint density at radius 2 is 1.82 bits per heavy atom. The van der Waals surface area contributed by atoms with E-state index in [1.54, 1.807) is 7.11 Å². The Kier molecular flexibility index (Phi) is 8.80. The van der Waals surface area contributed by atoms with Crippen LogP contribution in [0.25, 0.3) is 0 Å². The van der Waals surface area contributed by atoms with Gasteiger partial charge in [-0.2, -0.15) is 0 Å². The van der Waals surface area contributed by atoms with Gasteiger partial charge in [-0.25, -0.2) is 4.79 Å². The fourth-order valence-corrected chi connectivity index (χ4v) is 3.47. The third kappa shape index (κ3) is 5.72. The first-order valence-electron chi connectivity index (χ1n) is 9.26. The van der Waals surface area contributed by atoms with E-state index in [-0.39, 0.29) is 0 Å². The van der Waals surface area contributed by atoms with Crippen molar-refractivity contribution in [1.82, 2.24) is 0 Å². The van der Waals surface area contributed by atoms with Gasteiger partial charge in [-0.1, -0.05) is 31.5 Å². The highest BCUT2D eigenvalue weighted by Crippen LogP contribution is 2.37. The lowest BCUT2D eigenvalue weighted by atomic mass is 10.0. The Bertz CT molecular complexity index is 773. The van der Waals surface area contributed by atoms with Crippen molar-refractivity contribution < 1.29 is 23.7 Å². The fraction of sp³-hybridized carbons (Fsp3) is 0.409. The van der Waals surface area contributed by atoms with Gasteiger partial charge in [-0.3, -0.25) is 0 Å². The molecule has 152 valence electrons. The van der Waals surface area contributed by atoms with Crippen LogP contribution in [0.5, 0.6) is 11.5 Å². The third-order valence-corrected chi connectivity index (χ3v) is 5.19. The molecule has 6 heteroatoms. The number of rotatable bonds is 10. The van der Waals surface area contributed by atoms with Crippen LogP contribution in [0.2, 0.25) is 0 Å². The maximum atomic E-state index is 12.3. The zero-order valence-electron chi connectivity index (χ0n) is 16.8. The second kappa shape index (κ2) is 11.1. The Hall–Kier alpha value is -2.05. The van der Waals surface area contributed by atoms with Gasteiger partial charge in [0.2, 0.25) is 0 Å². The number of hydrogen-bond donors (Lipinski definition) is 0. The minimum absolute atomic E-state index is 0.394. The van der Waals surface area contributed by atoms with Gasteiger partial charge in [-0.15, -0.1) is 0 Å². The lowest BCUT2D eigenvalue weighted by Gasteiger charge is -2.21. The van der Waals surface area contributed by atoms with E-state index in [9.17, 15) is 4.79 Å². The van der Waals surface area contributed by atoms with Gasteiger partial charge in [0, 0.05) is 12.2 Å². The molecule has 1 atom stereocenters. The average molecular weight is 451 g/mol. The van der Waals surface area contributed by atoms with E-state index in [1.807, 2.05) is 43.3 Å². The summed E-state index contributed by atoms with van der Waals surface area (Å²) in [6.07, 6.45) is 1.06. The van der Waals surface area contributed by atoms with Gasteiger partial charge in [-0.05, 0) is 58.6 Å². The second-order valence-electron chi connectivity index (χ2n) is 6.37. The average Bonchev–Trinajstić information content (AvgIpc) is 2.72. The summed E-state index contributed by atoms with van der Waals surface area (Å²) in [6.45, 7) is 4.89. The monoisotopic (exact) mass is 450 g/mol. The van der Waals surface area contributed by atoms with E-state index in [4.69, 9.17) is 18.9 Å². The van der Waals surface area contributed by atoms with E-state index in [0.717, 1.165) is 35.3 Å². The molecule has 0 saturated carbocycles. The molecule has 0 aromatic heterocycles. The third-order valence-electron chi connectivity index (χ3n) is 4.38. The van der Waals surface area contributed by atoms with Crippen LogP contribution in [0.3, 0.4) is 0 Å². The molecule has 0 aliphatic carbocycles. The Morgan fingerprint density at radius 1 is 1.11 bits per heavy atom. The summed E-state index contributed by atoms with van der Waals surface area (Å²) < 4.78 is 22.7. The van der Waals surface area contributed by atoms with E-state index in [0.29, 0.717) is 23.4 Å².